The van der Waals surface area contributed by atoms with Crippen LogP contribution in [0.1, 0.15) is 5.56 Å². The number of benzene rings is 2. The second kappa shape index (κ2) is 5.55. The summed E-state index contributed by atoms with van der Waals surface area (Å²) in [6.07, 6.45) is 1.87. The minimum atomic E-state index is 0.955. The molecule has 0 fully saturated rings. The van der Waals surface area contributed by atoms with Crippen LogP contribution >= 0.6 is 0 Å². The molecule has 2 aromatic carbocycles. The molecule has 4 nitrogen and oxygen atoms in total. The van der Waals surface area contributed by atoms with E-state index in [0.717, 1.165) is 31.8 Å². The smallest absolute Gasteiger partial charge is 0.0760 e. The Bertz CT molecular complexity index is 1090. The molecule has 3 heterocycles. The molecule has 1 aliphatic heterocycles. The van der Waals surface area contributed by atoms with E-state index in [9.17, 15) is 0 Å². The molecule has 0 aliphatic carbocycles. The number of nitrogens with zero attached hydrogens (tertiary/aromatic N) is 4. The quantitative estimate of drug-likeness (QED) is 0.573. The van der Waals surface area contributed by atoms with Gasteiger partial charge in [0.15, 0.2) is 0 Å². The summed E-state index contributed by atoms with van der Waals surface area (Å²) in [4.78, 5) is 9.34. The number of hydrogen-bond donors (Lipinski definition) is 0. The van der Waals surface area contributed by atoms with Crippen molar-refractivity contribution >= 4 is 32.7 Å². The van der Waals surface area contributed by atoms with Crippen LogP contribution in [0.3, 0.4) is 0 Å². The van der Waals surface area contributed by atoms with Crippen LogP contribution in [0.5, 0.6) is 0 Å². The fraction of sp³-hybridized carbons (Fsp3) is 0.286. The van der Waals surface area contributed by atoms with Crippen LogP contribution in [0.25, 0.3) is 32.7 Å². The Hall–Kier alpha value is -2.43. The van der Waals surface area contributed by atoms with Crippen molar-refractivity contribution in [2.75, 3.05) is 27.2 Å². The minimum absolute atomic E-state index is 0.955. The number of aromatic nitrogens is 2. The number of pyridine rings is 1. The van der Waals surface area contributed by atoms with E-state index in [-0.39, 0.29) is 0 Å². The highest BCUT2D eigenvalue weighted by Gasteiger charge is 2.22. The van der Waals surface area contributed by atoms with Gasteiger partial charge in [0.2, 0.25) is 0 Å². The van der Waals surface area contributed by atoms with Gasteiger partial charge in [-0.1, -0.05) is 24.3 Å². The largest absolute Gasteiger partial charge is 0.326 e. The van der Waals surface area contributed by atoms with Crippen molar-refractivity contribution in [2.24, 2.45) is 0 Å². The lowest BCUT2D eigenvalue weighted by Gasteiger charge is -2.30. The van der Waals surface area contributed by atoms with Gasteiger partial charge >= 0.3 is 0 Å². The van der Waals surface area contributed by atoms with Gasteiger partial charge in [-0.2, -0.15) is 0 Å². The van der Waals surface area contributed by atoms with Gasteiger partial charge in [-0.3, -0.25) is 9.88 Å². The summed E-state index contributed by atoms with van der Waals surface area (Å²) in [6, 6.07) is 15.4. The molecule has 5 rings (SSSR count). The lowest BCUT2D eigenvalue weighted by molar-refractivity contribution is 0.186. The molecule has 4 heteroatoms. The highest BCUT2D eigenvalue weighted by Crippen LogP contribution is 2.37. The first kappa shape index (κ1) is 14.9. The molecule has 2 aromatic heterocycles. The average molecular weight is 330 g/mol. The van der Waals surface area contributed by atoms with Crippen molar-refractivity contribution < 1.29 is 0 Å². The zero-order chi connectivity index (χ0) is 17.0. The Kier molecular flexibility index (Phi) is 3.30. The van der Waals surface area contributed by atoms with Gasteiger partial charge in [-0.15, -0.1) is 0 Å². The van der Waals surface area contributed by atoms with E-state index in [1.807, 2.05) is 12.3 Å². The maximum Gasteiger partial charge on any atom is 0.0760 e. The average Bonchev–Trinajstić information content (AvgIpc) is 2.96. The fourth-order valence-electron chi connectivity index (χ4n) is 4.14. The molecule has 0 N–H and O–H groups in total. The van der Waals surface area contributed by atoms with E-state index in [0.29, 0.717) is 0 Å². The SMILES string of the molecule is CN(C)CCN1Cc2cccc3c4c5cccnc5ccc4n(c23)C1. The van der Waals surface area contributed by atoms with Gasteiger partial charge in [0.25, 0.3) is 0 Å². The van der Waals surface area contributed by atoms with Crippen LogP contribution in [-0.2, 0) is 13.2 Å². The third-order valence-corrected chi connectivity index (χ3v) is 5.31. The molecule has 25 heavy (non-hydrogen) atoms. The number of fused-ring (bicyclic) bond motifs is 5. The molecule has 1 aliphatic rings. The first-order valence-corrected chi connectivity index (χ1v) is 8.87. The normalized spacial score (nSPS) is 15.0. The highest BCUT2D eigenvalue weighted by atomic mass is 15.3. The standard InChI is InChI=1S/C21H22N4/c1-23(2)11-12-24-13-15-5-3-6-17-20-16-7-4-10-22-18(16)8-9-19(20)25(14-24)21(15)17/h3-10H,11-14H2,1-2H3. The predicted octanol–water partition coefficient (Wildman–Crippen LogP) is 3.68. The van der Waals surface area contributed by atoms with Gasteiger partial charge in [0, 0.05) is 42.0 Å². The van der Waals surface area contributed by atoms with Crippen LogP contribution in [0.4, 0.5) is 0 Å². The molecular weight excluding hydrogens is 308 g/mol. The molecule has 0 spiro atoms. The van der Waals surface area contributed by atoms with Crippen molar-refractivity contribution in [2.45, 2.75) is 13.2 Å². The summed E-state index contributed by atoms with van der Waals surface area (Å²) < 4.78 is 2.49. The summed E-state index contributed by atoms with van der Waals surface area (Å²) >= 11 is 0. The zero-order valence-electron chi connectivity index (χ0n) is 14.7. The number of para-hydroxylation sites is 1. The van der Waals surface area contributed by atoms with Gasteiger partial charge in [-0.25, -0.2) is 0 Å². The number of hydrogen-bond acceptors (Lipinski definition) is 3. The van der Waals surface area contributed by atoms with Crippen molar-refractivity contribution in [3.63, 3.8) is 0 Å². The first-order valence-electron chi connectivity index (χ1n) is 8.87. The lowest BCUT2D eigenvalue weighted by Crippen LogP contribution is -2.35. The van der Waals surface area contributed by atoms with E-state index in [4.69, 9.17) is 0 Å². The Balaban J connectivity index is 1.76. The van der Waals surface area contributed by atoms with E-state index in [1.54, 1.807) is 0 Å². The van der Waals surface area contributed by atoms with E-state index in [2.05, 4.69) is 69.8 Å². The molecule has 4 aromatic rings. The fourth-order valence-corrected chi connectivity index (χ4v) is 4.14. The Morgan fingerprint density at radius 1 is 1.04 bits per heavy atom. The topological polar surface area (TPSA) is 24.3 Å². The van der Waals surface area contributed by atoms with Crippen LogP contribution in [-0.4, -0.2) is 46.5 Å². The third kappa shape index (κ3) is 2.25. The summed E-state index contributed by atoms with van der Waals surface area (Å²) in [5.41, 5.74) is 5.21. The molecular formula is C21H22N4. The van der Waals surface area contributed by atoms with Gasteiger partial charge in [-0.05, 0) is 37.9 Å². The molecule has 0 saturated heterocycles. The van der Waals surface area contributed by atoms with Crippen molar-refractivity contribution in [1.29, 1.82) is 0 Å². The van der Waals surface area contributed by atoms with E-state index < -0.39 is 0 Å². The monoisotopic (exact) mass is 330 g/mol. The summed E-state index contributed by atoms with van der Waals surface area (Å²) in [5.74, 6) is 0. The second-order valence-corrected chi connectivity index (χ2v) is 7.27. The van der Waals surface area contributed by atoms with Crippen LogP contribution in [0, 0.1) is 0 Å². The van der Waals surface area contributed by atoms with E-state index in [1.165, 1.54) is 32.8 Å². The molecule has 126 valence electrons. The zero-order valence-corrected chi connectivity index (χ0v) is 14.7. The number of likely N-dealkylation sites (N-methyl/N-ethyl adjacent to an activating group) is 1. The summed E-state index contributed by atoms with van der Waals surface area (Å²) in [5, 5.41) is 3.96. The first-order chi connectivity index (χ1) is 12.2. The molecule has 0 bridgehead atoms. The predicted molar refractivity (Wildman–Crippen MR) is 104 cm³/mol. The minimum Gasteiger partial charge on any atom is -0.326 e. The Morgan fingerprint density at radius 2 is 1.92 bits per heavy atom. The summed E-state index contributed by atoms with van der Waals surface area (Å²) in [6.45, 7) is 4.14. The van der Waals surface area contributed by atoms with Gasteiger partial charge in [0.1, 0.15) is 0 Å². The molecule has 0 saturated carbocycles. The van der Waals surface area contributed by atoms with Crippen molar-refractivity contribution in [3.05, 3.63) is 54.2 Å². The lowest BCUT2D eigenvalue weighted by atomic mass is 10.0. The van der Waals surface area contributed by atoms with Crippen LogP contribution < -0.4 is 0 Å². The third-order valence-electron chi connectivity index (χ3n) is 5.31. The van der Waals surface area contributed by atoms with Gasteiger partial charge < -0.3 is 9.47 Å². The Labute approximate surface area is 147 Å². The van der Waals surface area contributed by atoms with Gasteiger partial charge in [0.05, 0.1) is 23.2 Å². The highest BCUT2D eigenvalue weighted by molar-refractivity contribution is 6.20. The van der Waals surface area contributed by atoms with Crippen LogP contribution in [0.2, 0.25) is 0 Å². The number of rotatable bonds is 3. The molecule has 0 atom stereocenters. The molecule has 0 amide bonds. The Morgan fingerprint density at radius 3 is 2.80 bits per heavy atom. The van der Waals surface area contributed by atoms with Crippen LogP contribution in [0.15, 0.2) is 48.7 Å². The maximum absolute atomic E-state index is 4.55. The van der Waals surface area contributed by atoms with Crippen molar-refractivity contribution in [3.8, 4) is 0 Å². The molecule has 0 radical (unpaired) electrons. The summed E-state index contributed by atoms with van der Waals surface area (Å²) in [7, 11) is 4.28. The van der Waals surface area contributed by atoms with Crippen molar-refractivity contribution in [1.82, 2.24) is 19.4 Å². The molecule has 0 unspecified atom stereocenters. The second-order valence-electron chi connectivity index (χ2n) is 7.27. The maximum atomic E-state index is 4.55. The van der Waals surface area contributed by atoms with E-state index >= 15 is 0 Å².